The second-order valence-corrected chi connectivity index (χ2v) is 5.90. The average molecular weight is 353 g/mol. The van der Waals surface area contributed by atoms with E-state index in [1.54, 1.807) is 37.4 Å². The molecule has 0 unspecified atom stereocenters. The summed E-state index contributed by atoms with van der Waals surface area (Å²) in [5.74, 6) is -0.653. The Morgan fingerprint density at radius 1 is 1.15 bits per heavy atom. The van der Waals surface area contributed by atoms with Gasteiger partial charge in [0.1, 0.15) is 0 Å². The van der Waals surface area contributed by atoms with E-state index in [0.29, 0.717) is 23.5 Å². The number of amides is 3. The molecule has 2 N–H and O–H groups in total. The molecular weight excluding hydrogens is 334 g/mol. The molecule has 1 aliphatic rings. The highest BCUT2D eigenvalue weighted by Crippen LogP contribution is 2.19. The summed E-state index contributed by atoms with van der Waals surface area (Å²) < 4.78 is 5.08. The molecule has 0 aliphatic carbocycles. The monoisotopic (exact) mass is 353 g/mol. The highest BCUT2D eigenvalue weighted by Gasteiger charge is 2.24. The Morgan fingerprint density at radius 2 is 1.92 bits per heavy atom. The maximum Gasteiger partial charge on any atom is 0.255 e. The number of nitrogens with one attached hydrogen (secondary N) is 2. The van der Waals surface area contributed by atoms with E-state index in [1.165, 1.54) is 5.01 Å². The van der Waals surface area contributed by atoms with Crippen molar-refractivity contribution in [3.8, 4) is 0 Å². The van der Waals surface area contributed by atoms with Crippen molar-refractivity contribution >= 4 is 29.1 Å². The van der Waals surface area contributed by atoms with Gasteiger partial charge in [0.2, 0.25) is 11.8 Å². The number of ether oxygens (including phenoxy) is 1. The molecule has 1 fully saturated rings. The van der Waals surface area contributed by atoms with Crippen molar-refractivity contribution in [3.05, 3.63) is 59.7 Å². The van der Waals surface area contributed by atoms with Gasteiger partial charge in [0.15, 0.2) is 0 Å². The minimum absolute atomic E-state index is 0.173. The van der Waals surface area contributed by atoms with Crippen LogP contribution in [0.5, 0.6) is 0 Å². The molecule has 0 atom stereocenters. The van der Waals surface area contributed by atoms with E-state index >= 15 is 0 Å². The molecule has 1 heterocycles. The van der Waals surface area contributed by atoms with Crippen LogP contribution in [-0.2, 0) is 20.9 Å². The van der Waals surface area contributed by atoms with Gasteiger partial charge >= 0.3 is 0 Å². The number of anilines is 2. The lowest BCUT2D eigenvalue weighted by atomic mass is 10.1. The lowest BCUT2D eigenvalue weighted by Gasteiger charge is -2.27. The molecule has 3 rings (SSSR count). The largest absolute Gasteiger partial charge is 0.380 e. The van der Waals surface area contributed by atoms with Crippen molar-refractivity contribution < 1.29 is 19.1 Å². The Kier molecular flexibility index (Phi) is 5.28. The molecule has 0 aromatic heterocycles. The third-order valence-electron chi connectivity index (χ3n) is 3.94. The van der Waals surface area contributed by atoms with Crippen LogP contribution in [0.15, 0.2) is 48.5 Å². The van der Waals surface area contributed by atoms with Gasteiger partial charge in [-0.2, -0.15) is 0 Å². The summed E-state index contributed by atoms with van der Waals surface area (Å²) in [5, 5.41) is 4.04. The fraction of sp³-hybridized carbons (Fsp3) is 0.211. The molecular formula is C19H19N3O4. The Labute approximate surface area is 150 Å². The predicted octanol–water partition coefficient (Wildman–Crippen LogP) is 2.24. The van der Waals surface area contributed by atoms with E-state index in [0.717, 1.165) is 5.56 Å². The first-order chi connectivity index (χ1) is 12.6. The second-order valence-electron chi connectivity index (χ2n) is 5.90. The van der Waals surface area contributed by atoms with E-state index in [9.17, 15) is 14.4 Å². The molecule has 7 nitrogen and oxygen atoms in total. The molecule has 7 heteroatoms. The van der Waals surface area contributed by atoms with Gasteiger partial charge in [0.05, 0.1) is 12.3 Å². The number of hydrogen-bond donors (Lipinski definition) is 2. The number of hydrazine groups is 1. The summed E-state index contributed by atoms with van der Waals surface area (Å²) in [7, 11) is 1.61. The molecule has 26 heavy (non-hydrogen) atoms. The number of hydrogen-bond acceptors (Lipinski definition) is 4. The lowest BCUT2D eigenvalue weighted by Crippen LogP contribution is -2.50. The van der Waals surface area contributed by atoms with Gasteiger partial charge in [-0.05, 0) is 42.0 Å². The van der Waals surface area contributed by atoms with Crippen LogP contribution in [-0.4, -0.2) is 24.8 Å². The maximum absolute atomic E-state index is 12.4. The Morgan fingerprint density at radius 3 is 2.65 bits per heavy atom. The van der Waals surface area contributed by atoms with E-state index in [4.69, 9.17) is 4.74 Å². The van der Waals surface area contributed by atoms with Gasteiger partial charge in [-0.1, -0.05) is 12.1 Å². The van der Waals surface area contributed by atoms with Crippen molar-refractivity contribution in [2.45, 2.75) is 19.4 Å². The summed E-state index contributed by atoms with van der Waals surface area (Å²) in [5.41, 5.74) is 5.11. The zero-order valence-corrected chi connectivity index (χ0v) is 14.3. The van der Waals surface area contributed by atoms with Gasteiger partial charge in [0, 0.05) is 31.2 Å². The zero-order valence-electron chi connectivity index (χ0n) is 14.3. The first-order valence-electron chi connectivity index (χ1n) is 8.18. The molecule has 134 valence electrons. The summed E-state index contributed by atoms with van der Waals surface area (Å²) in [6, 6.07) is 13.9. The molecule has 0 bridgehead atoms. The fourth-order valence-corrected chi connectivity index (χ4v) is 2.65. The van der Waals surface area contributed by atoms with Crippen LogP contribution in [0.1, 0.15) is 28.8 Å². The smallest absolute Gasteiger partial charge is 0.255 e. The third kappa shape index (κ3) is 4.07. The van der Waals surface area contributed by atoms with Gasteiger partial charge in [-0.15, -0.1) is 0 Å². The predicted molar refractivity (Wildman–Crippen MR) is 96.4 cm³/mol. The quantitative estimate of drug-likeness (QED) is 0.863. The topological polar surface area (TPSA) is 87.7 Å². The number of benzene rings is 2. The Bertz CT molecular complexity index is 833. The summed E-state index contributed by atoms with van der Waals surface area (Å²) in [6.07, 6.45) is 0.365. The van der Waals surface area contributed by atoms with Crippen molar-refractivity contribution in [1.82, 2.24) is 5.43 Å². The van der Waals surface area contributed by atoms with E-state index in [2.05, 4.69) is 10.7 Å². The van der Waals surface area contributed by atoms with E-state index in [-0.39, 0.29) is 30.6 Å². The molecule has 1 aliphatic heterocycles. The molecule has 0 saturated carbocycles. The minimum atomic E-state index is -0.264. The van der Waals surface area contributed by atoms with Crippen molar-refractivity contribution in [1.29, 1.82) is 0 Å². The maximum atomic E-state index is 12.4. The first kappa shape index (κ1) is 17.6. The second kappa shape index (κ2) is 7.79. The summed E-state index contributed by atoms with van der Waals surface area (Å²) in [4.78, 5) is 35.8. The first-order valence-corrected chi connectivity index (χ1v) is 8.18. The van der Waals surface area contributed by atoms with Gasteiger partial charge < -0.3 is 10.1 Å². The number of carbonyl (C=O) groups is 3. The van der Waals surface area contributed by atoms with Crippen LogP contribution >= 0.6 is 0 Å². The van der Waals surface area contributed by atoms with Crippen LogP contribution in [0, 0.1) is 0 Å². The highest BCUT2D eigenvalue weighted by molar-refractivity contribution is 6.05. The summed E-state index contributed by atoms with van der Waals surface area (Å²) in [6.45, 7) is 0.466. The van der Waals surface area contributed by atoms with Crippen LogP contribution < -0.4 is 15.8 Å². The molecule has 2 aromatic rings. The van der Waals surface area contributed by atoms with Crippen LogP contribution in [0.3, 0.4) is 0 Å². The van der Waals surface area contributed by atoms with Crippen LogP contribution in [0.2, 0.25) is 0 Å². The molecule has 3 amide bonds. The zero-order chi connectivity index (χ0) is 18.5. The van der Waals surface area contributed by atoms with Crippen molar-refractivity contribution in [3.63, 3.8) is 0 Å². The number of methoxy groups -OCH3 is 1. The molecule has 2 aromatic carbocycles. The molecule has 0 radical (unpaired) electrons. The number of carbonyl (C=O) groups excluding carboxylic acids is 3. The Balaban J connectivity index is 1.70. The SMILES string of the molecule is COCc1cccc(NC(=O)c2ccc(N3NC(=O)CCC3=O)cc2)c1. The number of nitrogens with zero attached hydrogens (tertiary/aromatic N) is 1. The fourth-order valence-electron chi connectivity index (χ4n) is 2.65. The van der Waals surface area contributed by atoms with Crippen LogP contribution in [0.25, 0.3) is 0 Å². The van der Waals surface area contributed by atoms with Crippen molar-refractivity contribution in [2.75, 3.05) is 17.4 Å². The van der Waals surface area contributed by atoms with E-state index in [1.807, 2.05) is 18.2 Å². The Hall–Kier alpha value is -3.19. The molecule has 1 saturated heterocycles. The van der Waals surface area contributed by atoms with Crippen molar-refractivity contribution in [2.24, 2.45) is 0 Å². The minimum Gasteiger partial charge on any atom is -0.380 e. The normalized spacial score (nSPS) is 14.1. The highest BCUT2D eigenvalue weighted by atomic mass is 16.5. The van der Waals surface area contributed by atoms with Crippen LogP contribution in [0.4, 0.5) is 11.4 Å². The van der Waals surface area contributed by atoms with Gasteiger partial charge in [0.25, 0.3) is 5.91 Å². The summed E-state index contributed by atoms with van der Waals surface area (Å²) >= 11 is 0. The third-order valence-corrected chi connectivity index (χ3v) is 3.94. The number of rotatable bonds is 5. The van der Waals surface area contributed by atoms with Gasteiger partial charge in [-0.25, -0.2) is 5.01 Å². The average Bonchev–Trinajstić information content (AvgIpc) is 2.64. The lowest BCUT2D eigenvalue weighted by molar-refractivity contribution is -0.130. The standard InChI is InChI=1S/C19H19N3O4/c1-26-12-13-3-2-4-15(11-13)20-19(25)14-5-7-16(8-6-14)22-18(24)10-9-17(23)21-22/h2-8,11H,9-10,12H2,1H3,(H,20,25)(H,21,23). The molecule has 0 spiro atoms. The van der Waals surface area contributed by atoms with E-state index < -0.39 is 0 Å². The van der Waals surface area contributed by atoms with Gasteiger partial charge in [-0.3, -0.25) is 19.8 Å².